The number of para-hydroxylation sites is 2. The summed E-state index contributed by atoms with van der Waals surface area (Å²) in [5.74, 6) is 1.66. The van der Waals surface area contributed by atoms with E-state index in [1.807, 2.05) is 0 Å². The Kier molecular flexibility index (Phi) is 7.22. The van der Waals surface area contributed by atoms with Crippen molar-refractivity contribution in [2.45, 2.75) is 53.4 Å². The molecule has 5 aromatic carbocycles. The number of benzene rings is 5. The Hall–Kier alpha value is -4.47. The van der Waals surface area contributed by atoms with Crippen LogP contribution in [0.2, 0.25) is 0 Å². The number of thiophene rings is 1. The number of aryl methyl sites for hydroxylation is 2. The largest absolute Gasteiger partial charge is 0.292 e. The summed E-state index contributed by atoms with van der Waals surface area (Å²) in [6.07, 6.45) is 0. The maximum atomic E-state index is 5.37. The lowest BCUT2D eigenvalue weighted by atomic mass is 9.88. The fourth-order valence-electron chi connectivity index (χ4n) is 6.68. The van der Waals surface area contributed by atoms with E-state index in [2.05, 4.69) is 155 Å². The highest BCUT2D eigenvalue weighted by atomic mass is 32.1. The lowest BCUT2D eigenvalue weighted by molar-refractivity contribution is 0.812. The molecule has 0 saturated carbocycles. The molecule has 0 unspecified atom stereocenters. The van der Waals surface area contributed by atoms with E-state index in [4.69, 9.17) is 4.98 Å². The van der Waals surface area contributed by atoms with Gasteiger partial charge in [0.05, 0.1) is 16.7 Å². The van der Waals surface area contributed by atoms with Gasteiger partial charge in [-0.3, -0.25) is 4.57 Å². The minimum atomic E-state index is 0.329. The molecule has 7 rings (SSSR count). The third-order valence-corrected chi connectivity index (χ3v) is 9.85. The van der Waals surface area contributed by atoms with Crippen molar-refractivity contribution in [1.82, 2.24) is 9.55 Å². The van der Waals surface area contributed by atoms with Crippen molar-refractivity contribution in [3.05, 3.63) is 131 Å². The molecule has 0 spiro atoms. The highest BCUT2D eigenvalue weighted by molar-refractivity contribution is 7.17. The van der Waals surface area contributed by atoms with Gasteiger partial charge in [-0.1, -0.05) is 94.4 Å². The molecule has 0 saturated heterocycles. The number of fused-ring (bicyclic) bond motifs is 2. The summed E-state index contributed by atoms with van der Waals surface area (Å²) in [7, 11) is 0. The standard InChI is InChI=1S/C41H38N2S/c1-25(2)32-22-31(29-15-8-7-9-16-29)23-33(26(3)4)40(32)43-37-18-11-10-17-36(37)42-41(43)35-24-44-38-20-19-30(21-34(35)38)39-27(5)13-12-14-28(39)6/h7-26H,1-6H3. The van der Waals surface area contributed by atoms with Crippen LogP contribution < -0.4 is 0 Å². The van der Waals surface area contributed by atoms with Crippen molar-refractivity contribution in [2.75, 3.05) is 0 Å². The summed E-state index contributed by atoms with van der Waals surface area (Å²) >= 11 is 1.80. The molecule has 2 heterocycles. The lowest BCUT2D eigenvalue weighted by Gasteiger charge is -2.24. The van der Waals surface area contributed by atoms with Crippen molar-refractivity contribution < 1.29 is 0 Å². The number of hydrogen-bond acceptors (Lipinski definition) is 2. The van der Waals surface area contributed by atoms with E-state index in [0.29, 0.717) is 11.8 Å². The Labute approximate surface area is 264 Å². The molecule has 0 amide bonds. The van der Waals surface area contributed by atoms with Gasteiger partial charge in [-0.2, -0.15) is 0 Å². The van der Waals surface area contributed by atoms with Gasteiger partial charge >= 0.3 is 0 Å². The summed E-state index contributed by atoms with van der Waals surface area (Å²) in [6.45, 7) is 13.7. The van der Waals surface area contributed by atoms with Crippen LogP contribution in [0.5, 0.6) is 0 Å². The normalized spacial score (nSPS) is 11.8. The third kappa shape index (κ3) is 4.76. The zero-order valence-electron chi connectivity index (χ0n) is 26.3. The smallest absolute Gasteiger partial charge is 0.147 e. The van der Waals surface area contributed by atoms with Gasteiger partial charge < -0.3 is 0 Å². The van der Waals surface area contributed by atoms with Crippen LogP contribution in [0.1, 0.15) is 61.8 Å². The van der Waals surface area contributed by atoms with Crippen molar-refractivity contribution in [3.8, 4) is 39.3 Å². The van der Waals surface area contributed by atoms with E-state index in [1.165, 1.54) is 65.8 Å². The average molecular weight is 591 g/mol. The van der Waals surface area contributed by atoms with Crippen LogP contribution in [0.15, 0.2) is 109 Å². The van der Waals surface area contributed by atoms with E-state index < -0.39 is 0 Å². The molecule has 0 aliphatic rings. The average Bonchev–Trinajstić information content (AvgIpc) is 3.61. The molecule has 3 heteroatoms. The molecule has 0 fully saturated rings. The van der Waals surface area contributed by atoms with Gasteiger partial charge in [0.15, 0.2) is 0 Å². The molecular formula is C41H38N2S. The van der Waals surface area contributed by atoms with E-state index >= 15 is 0 Å². The zero-order valence-corrected chi connectivity index (χ0v) is 27.2. The van der Waals surface area contributed by atoms with Crippen LogP contribution >= 0.6 is 11.3 Å². The fourth-order valence-corrected chi connectivity index (χ4v) is 7.60. The quantitative estimate of drug-likeness (QED) is 0.188. The van der Waals surface area contributed by atoms with Crippen molar-refractivity contribution in [2.24, 2.45) is 0 Å². The van der Waals surface area contributed by atoms with Crippen molar-refractivity contribution >= 4 is 32.5 Å². The first-order chi connectivity index (χ1) is 21.3. The number of aromatic nitrogens is 2. The van der Waals surface area contributed by atoms with Crippen LogP contribution in [-0.4, -0.2) is 9.55 Å². The van der Waals surface area contributed by atoms with Gasteiger partial charge in [0.25, 0.3) is 0 Å². The van der Waals surface area contributed by atoms with E-state index in [0.717, 1.165) is 16.9 Å². The summed E-state index contributed by atoms with van der Waals surface area (Å²) in [4.78, 5) is 5.37. The summed E-state index contributed by atoms with van der Waals surface area (Å²) < 4.78 is 3.74. The molecule has 7 aromatic rings. The number of hydrogen-bond donors (Lipinski definition) is 0. The minimum Gasteiger partial charge on any atom is -0.292 e. The number of nitrogens with zero attached hydrogens (tertiary/aromatic N) is 2. The maximum Gasteiger partial charge on any atom is 0.147 e. The third-order valence-electron chi connectivity index (χ3n) is 8.89. The molecule has 0 N–H and O–H groups in total. The molecule has 2 nitrogen and oxygen atoms in total. The highest BCUT2D eigenvalue weighted by Crippen LogP contribution is 2.43. The molecule has 0 aliphatic carbocycles. The van der Waals surface area contributed by atoms with Crippen LogP contribution in [0.3, 0.4) is 0 Å². The summed E-state index contributed by atoms with van der Waals surface area (Å²) in [5.41, 5.74) is 15.0. The Morgan fingerprint density at radius 1 is 0.636 bits per heavy atom. The van der Waals surface area contributed by atoms with Gasteiger partial charge in [-0.15, -0.1) is 11.3 Å². The molecule has 0 aliphatic heterocycles. The second-order valence-electron chi connectivity index (χ2n) is 12.6. The van der Waals surface area contributed by atoms with Gasteiger partial charge in [-0.25, -0.2) is 4.98 Å². The summed E-state index contributed by atoms with van der Waals surface area (Å²) in [6, 6.07) is 37.7. The molecule has 0 radical (unpaired) electrons. The first-order valence-corrected chi connectivity index (χ1v) is 16.5. The Balaban J connectivity index is 1.54. The van der Waals surface area contributed by atoms with Crippen LogP contribution in [-0.2, 0) is 0 Å². The van der Waals surface area contributed by atoms with Crippen LogP contribution in [0, 0.1) is 13.8 Å². The topological polar surface area (TPSA) is 17.8 Å². The van der Waals surface area contributed by atoms with E-state index in [-0.39, 0.29) is 0 Å². The molecule has 0 bridgehead atoms. The highest BCUT2D eigenvalue weighted by Gasteiger charge is 2.25. The van der Waals surface area contributed by atoms with Crippen molar-refractivity contribution in [3.63, 3.8) is 0 Å². The van der Waals surface area contributed by atoms with Gasteiger partial charge in [0.1, 0.15) is 5.82 Å². The predicted molar refractivity (Wildman–Crippen MR) is 190 cm³/mol. The zero-order chi connectivity index (χ0) is 30.5. The Morgan fingerprint density at radius 3 is 1.98 bits per heavy atom. The molecule has 0 atom stereocenters. The van der Waals surface area contributed by atoms with Gasteiger partial charge in [0.2, 0.25) is 0 Å². The van der Waals surface area contributed by atoms with Crippen LogP contribution in [0.4, 0.5) is 0 Å². The SMILES string of the molecule is Cc1cccc(C)c1-c1ccc2scc(-c3nc4ccccc4n3-c3c(C(C)C)cc(-c4ccccc4)cc3C(C)C)c2c1. The van der Waals surface area contributed by atoms with E-state index in [9.17, 15) is 0 Å². The maximum absolute atomic E-state index is 5.37. The second kappa shape index (κ2) is 11.2. The second-order valence-corrected chi connectivity index (χ2v) is 13.5. The van der Waals surface area contributed by atoms with Crippen molar-refractivity contribution in [1.29, 1.82) is 0 Å². The molecule has 44 heavy (non-hydrogen) atoms. The van der Waals surface area contributed by atoms with E-state index in [1.54, 1.807) is 11.3 Å². The minimum absolute atomic E-state index is 0.329. The monoisotopic (exact) mass is 590 g/mol. The van der Waals surface area contributed by atoms with Gasteiger partial charge in [0, 0.05) is 21.0 Å². The number of rotatable bonds is 6. The molecular weight excluding hydrogens is 553 g/mol. The van der Waals surface area contributed by atoms with Crippen LogP contribution in [0.25, 0.3) is 60.4 Å². The first kappa shape index (κ1) is 28.3. The Bertz CT molecular complexity index is 2090. The lowest BCUT2D eigenvalue weighted by Crippen LogP contribution is -2.09. The van der Waals surface area contributed by atoms with Gasteiger partial charge in [-0.05, 0) is 107 Å². The number of imidazole rings is 1. The fraction of sp³-hybridized carbons (Fsp3) is 0.195. The molecule has 2 aromatic heterocycles. The first-order valence-electron chi connectivity index (χ1n) is 15.6. The molecule has 218 valence electrons. The Morgan fingerprint density at radius 2 is 1.30 bits per heavy atom. The predicted octanol–water partition coefficient (Wildman–Crippen LogP) is 12.1. The summed E-state index contributed by atoms with van der Waals surface area (Å²) in [5, 5.41) is 3.56.